The summed E-state index contributed by atoms with van der Waals surface area (Å²) >= 11 is 0. The van der Waals surface area contributed by atoms with Crippen molar-refractivity contribution in [3.05, 3.63) is 81.2 Å². The van der Waals surface area contributed by atoms with Crippen molar-refractivity contribution < 1.29 is 4.74 Å². The number of benzene rings is 2. The molecule has 0 radical (unpaired) electrons. The second-order valence-electron chi connectivity index (χ2n) is 9.40. The lowest BCUT2D eigenvalue weighted by atomic mass is 9.93. The summed E-state index contributed by atoms with van der Waals surface area (Å²) in [5.41, 5.74) is 12.0. The van der Waals surface area contributed by atoms with Crippen LogP contribution in [0.25, 0.3) is 5.69 Å². The van der Waals surface area contributed by atoms with Crippen LogP contribution in [-0.4, -0.2) is 33.9 Å². The first-order valence-electron chi connectivity index (χ1n) is 12.5. The molecule has 1 unspecified atom stereocenters. The molecule has 0 spiro atoms. The lowest BCUT2D eigenvalue weighted by molar-refractivity contribution is 0.0511. The third-order valence-corrected chi connectivity index (χ3v) is 7.22. The molecule has 0 amide bonds. The summed E-state index contributed by atoms with van der Waals surface area (Å²) in [5, 5.41) is 5.16. The van der Waals surface area contributed by atoms with Crippen LogP contribution in [0.4, 0.5) is 0 Å². The van der Waals surface area contributed by atoms with Gasteiger partial charge in [-0.3, -0.25) is 4.90 Å². The smallest absolute Gasteiger partial charge is 0.0680 e. The maximum Gasteiger partial charge on any atom is 0.0680 e. The number of aryl methyl sites for hydroxylation is 4. The molecule has 4 rings (SSSR count). The van der Waals surface area contributed by atoms with Gasteiger partial charge in [0.05, 0.1) is 18.0 Å². The van der Waals surface area contributed by atoms with E-state index in [1.165, 1.54) is 50.5 Å². The van der Waals surface area contributed by atoms with Crippen molar-refractivity contribution in [2.24, 2.45) is 0 Å². The van der Waals surface area contributed by atoms with E-state index in [4.69, 9.17) is 9.84 Å². The van der Waals surface area contributed by atoms with Crippen LogP contribution in [0.15, 0.2) is 36.4 Å². The highest BCUT2D eigenvalue weighted by atomic mass is 16.5. The van der Waals surface area contributed by atoms with Gasteiger partial charge < -0.3 is 4.74 Å². The van der Waals surface area contributed by atoms with Crippen molar-refractivity contribution in [2.75, 3.05) is 13.2 Å². The zero-order chi connectivity index (χ0) is 23.5. The minimum absolute atomic E-state index is 0.390. The molecule has 2 aromatic carbocycles. The van der Waals surface area contributed by atoms with Gasteiger partial charge >= 0.3 is 0 Å². The number of hydrogen-bond donors (Lipinski definition) is 0. The van der Waals surface area contributed by atoms with Crippen molar-refractivity contribution >= 4 is 0 Å². The number of rotatable bonds is 8. The van der Waals surface area contributed by atoms with Crippen molar-refractivity contribution in [2.45, 2.75) is 79.9 Å². The molecule has 1 aromatic heterocycles. The Labute approximate surface area is 199 Å². The fourth-order valence-electron chi connectivity index (χ4n) is 5.19. The van der Waals surface area contributed by atoms with E-state index in [0.717, 1.165) is 45.6 Å². The first kappa shape index (κ1) is 23.7. The molecule has 1 atom stereocenters. The Morgan fingerprint density at radius 1 is 0.939 bits per heavy atom. The van der Waals surface area contributed by atoms with Gasteiger partial charge in [0, 0.05) is 37.0 Å². The molecule has 0 saturated carbocycles. The minimum atomic E-state index is 0.390. The first-order valence-corrected chi connectivity index (χ1v) is 12.5. The fraction of sp³-hybridized carbons (Fsp3) is 0.483. The van der Waals surface area contributed by atoms with Crippen LogP contribution in [0.2, 0.25) is 0 Å². The van der Waals surface area contributed by atoms with Gasteiger partial charge in [0.25, 0.3) is 0 Å². The predicted molar refractivity (Wildman–Crippen MR) is 136 cm³/mol. The van der Waals surface area contributed by atoms with Gasteiger partial charge in [-0.25, -0.2) is 4.68 Å². The van der Waals surface area contributed by atoms with Crippen molar-refractivity contribution in [3.8, 4) is 5.69 Å². The Morgan fingerprint density at radius 3 is 2.36 bits per heavy atom. The quantitative estimate of drug-likeness (QED) is 0.433. The number of ether oxygens (including phenoxy) is 1. The molecule has 176 valence electrons. The highest BCUT2D eigenvalue weighted by Crippen LogP contribution is 2.30. The summed E-state index contributed by atoms with van der Waals surface area (Å²) in [6.45, 7) is 16.6. The Hall–Kier alpha value is -2.43. The molecule has 4 heteroatoms. The summed E-state index contributed by atoms with van der Waals surface area (Å²) < 4.78 is 8.15. The maximum atomic E-state index is 5.92. The molecule has 4 nitrogen and oxygen atoms in total. The zero-order valence-corrected chi connectivity index (χ0v) is 21.2. The topological polar surface area (TPSA) is 30.3 Å². The molecular formula is C29H39N3O. The standard InChI is InChI=1S/C29H39N3O/c1-7-27-26(28(8-2)32(30-27)29-15-21(5)20(4)14-22(29)6)18-31-17-24-13-11-10-12-23(24)16-25(31)19-33-9-3/h10-15,25H,7-9,16-19H2,1-6H3. The van der Waals surface area contributed by atoms with Crippen LogP contribution < -0.4 is 0 Å². The van der Waals surface area contributed by atoms with Crippen LogP contribution in [0.3, 0.4) is 0 Å². The van der Waals surface area contributed by atoms with Crippen molar-refractivity contribution in [1.29, 1.82) is 0 Å². The number of aromatic nitrogens is 2. The van der Waals surface area contributed by atoms with Crippen LogP contribution >= 0.6 is 0 Å². The van der Waals surface area contributed by atoms with E-state index in [1.54, 1.807) is 0 Å². The molecule has 1 aliphatic rings. The highest BCUT2D eigenvalue weighted by molar-refractivity contribution is 5.48. The van der Waals surface area contributed by atoms with E-state index in [1.807, 2.05) is 0 Å². The molecule has 3 aromatic rings. The SMILES string of the molecule is CCOCC1Cc2ccccc2CN1Cc1c(CC)nn(-c2cc(C)c(C)cc2C)c1CC. The first-order chi connectivity index (χ1) is 16.0. The van der Waals surface area contributed by atoms with Gasteiger partial charge in [0.2, 0.25) is 0 Å². The lowest BCUT2D eigenvalue weighted by Crippen LogP contribution is -2.43. The van der Waals surface area contributed by atoms with E-state index in [-0.39, 0.29) is 0 Å². The maximum absolute atomic E-state index is 5.92. The van der Waals surface area contributed by atoms with Crippen LogP contribution in [-0.2, 0) is 37.1 Å². The van der Waals surface area contributed by atoms with Crippen molar-refractivity contribution in [3.63, 3.8) is 0 Å². The summed E-state index contributed by atoms with van der Waals surface area (Å²) in [7, 11) is 0. The van der Waals surface area contributed by atoms with E-state index in [0.29, 0.717) is 6.04 Å². The molecule has 33 heavy (non-hydrogen) atoms. The molecule has 0 N–H and O–H groups in total. The Morgan fingerprint density at radius 2 is 1.67 bits per heavy atom. The second kappa shape index (κ2) is 10.2. The van der Waals surface area contributed by atoms with Crippen LogP contribution in [0.1, 0.15) is 65.5 Å². The number of fused-ring (bicyclic) bond motifs is 1. The third-order valence-electron chi connectivity index (χ3n) is 7.22. The van der Waals surface area contributed by atoms with Gasteiger partial charge in [-0.2, -0.15) is 5.10 Å². The summed E-state index contributed by atoms with van der Waals surface area (Å²) in [5.74, 6) is 0. The zero-order valence-electron chi connectivity index (χ0n) is 21.2. The Bertz CT molecular complexity index is 1110. The number of nitrogens with zero attached hydrogens (tertiary/aromatic N) is 3. The normalized spacial score (nSPS) is 16.2. The van der Waals surface area contributed by atoms with Gasteiger partial charge in [-0.15, -0.1) is 0 Å². The predicted octanol–water partition coefficient (Wildman–Crippen LogP) is 5.89. The third kappa shape index (κ3) is 4.78. The molecule has 0 aliphatic carbocycles. The van der Waals surface area contributed by atoms with E-state index >= 15 is 0 Å². The summed E-state index contributed by atoms with van der Waals surface area (Å²) in [6.07, 6.45) is 2.96. The molecule has 0 saturated heterocycles. The highest BCUT2D eigenvalue weighted by Gasteiger charge is 2.29. The Balaban J connectivity index is 1.73. The van der Waals surface area contributed by atoms with Gasteiger partial charge in [0.15, 0.2) is 0 Å². The van der Waals surface area contributed by atoms with Gasteiger partial charge in [-0.05, 0) is 80.8 Å². The number of hydrogen-bond acceptors (Lipinski definition) is 3. The molecule has 2 heterocycles. The molecule has 0 fully saturated rings. The second-order valence-corrected chi connectivity index (χ2v) is 9.40. The molecular weight excluding hydrogens is 406 g/mol. The summed E-state index contributed by atoms with van der Waals surface area (Å²) in [4.78, 5) is 2.62. The van der Waals surface area contributed by atoms with Crippen LogP contribution in [0, 0.1) is 20.8 Å². The monoisotopic (exact) mass is 445 g/mol. The van der Waals surface area contributed by atoms with Gasteiger partial charge in [-0.1, -0.05) is 44.2 Å². The fourth-order valence-corrected chi connectivity index (χ4v) is 5.19. The van der Waals surface area contributed by atoms with Gasteiger partial charge in [0.1, 0.15) is 0 Å². The minimum Gasteiger partial charge on any atom is -0.380 e. The molecule has 1 aliphatic heterocycles. The average molecular weight is 446 g/mol. The largest absolute Gasteiger partial charge is 0.380 e. The van der Waals surface area contributed by atoms with E-state index < -0.39 is 0 Å². The summed E-state index contributed by atoms with van der Waals surface area (Å²) in [6, 6.07) is 13.9. The van der Waals surface area contributed by atoms with E-state index in [9.17, 15) is 0 Å². The lowest BCUT2D eigenvalue weighted by Gasteiger charge is -2.37. The molecule has 0 bridgehead atoms. The van der Waals surface area contributed by atoms with Crippen LogP contribution in [0.5, 0.6) is 0 Å². The average Bonchev–Trinajstić information content (AvgIpc) is 3.16. The van der Waals surface area contributed by atoms with E-state index in [2.05, 4.69) is 87.5 Å². The Kier molecular flexibility index (Phi) is 7.35. The van der Waals surface area contributed by atoms with Crippen molar-refractivity contribution in [1.82, 2.24) is 14.7 Å².